The van der Waals surface area contributed by atoms with Crippen LogP contribution in [0.25, 0.3) is 11.1 Å². The van der Waals surface area contributed by atoms with Crippen molar-refractivity contribution in [2.24, 2.45) is 5.92 Å². The number of aliphatic carboxylic acids is 1. The Kier molecular flexibility index (Phi) is 12.4. The molecule has 6 nitrogen and oxygen atoms in total. The molecular weight excluding hydrogens is 508 g/mol. The fourth-order valence-electron chi connectivity index (χ4n) is 5.36. The number of rotatable bonds is 14. The number of carboxylic acids is 1. The van der Waals surface area contributed by atoms with Gasteiger partial charge < -0.3 is 15.3 Å². The van der Waals surface area contributed by atoms with Gasteiger partial charge in [0.1, 0.15) is 6.04 Å². The van der Waals surface area contributed by atoms with Crippen LogP contribution in [0, 0.1) is 12.8 Å². The number of benzene rings is 2. The van der Waals surface area contributed by atoms with E-state index in [0.29, 0.717) is 23.7 Å². The number of hydrogen-bond acceptors (Lipinski definition) is 4. The maximum atomic E-state index is 13.5. The molecule has 1 aliphatic carbocycles. The zero-order valence-corrected chi connectivity index (χ0v) is 24.5. The minimum atomic E-state index is -1.04. The van der Waals surface area contributed by atoms with Crippen molar-refractivity contribution in [1.82, 2.24) is 10.2 Å². The van der Waals surface area contributed by atoms with Gasteiger partial charge in [0.05, 0.1) is 6.42 Å². The molecule has 0 spiro atoms. The quantitative estimate of drug-likeness (QED) is 0.285. The van der Waals surface area contributed by atoms with Crippen LogP contribution >= 0.6 is 11.8 Å². The predicted molar refractivity (Wildman–Crippen MR) is 160 cm³/mol. The number of carboxylic acid groups (broad SMARTS) is 1. The van der Waals surface area contributed by atoms with Crippen molar-refractivity contribution in [3.63, 3.8) is 0 Å². The Bertz CT molecular complexity index is 1110. The van der Waals surface area contributed by atoms with Gasteiger partial charge >= 0.3 is 5.97 Å². The highest BCUT2D eigenvalue weighted by Crippen LogP contribution is 2.29. The van der Waals surface area contributed by atoms with Crippen molar-refractivity contribution in [2.75, 3.05) is 25.1 Å². The molecule has 2 aromatic carbocycles. The summed E-state index contributed by atoms with van der Waals surface area (Å²) in [6, 6.07) is 12.4. The molecule has 39 heavy (non-hydrogen) atoms. The van der Waals surface area contributed by atoms with E-state index in [2.05, 4.69) is 17.1 Å². The number of carbonyl (C=O) groups excluding carboxylic acids is 2. The molecule has 1 fully saturated rings. The minimum Gasteiger partial charge on any atom is -0.480 e. The van der Waals surface area contributed by atoms with Crippen molar-refractivity contribution < 1.29 is 19.5 Å². The van der Waals surface area contributed by atoms with Gasteiger partial charge in [-0.2, -0.15) is 11.8 Å². The Morgan fingerprint density at radius 2 is 1.82 bits per heavy atom. The molecule has 0 bridgehead atoms. The summed E-state index contributed by atoms with van der Waals surface area (Å²) >= 11 is 1.55. The predicted octanol–water partition coefficient (Wildman–Crippen LogP) is 6.35. The second-order valence-electron chi connectivity index (χ2n) is 10.7. The van der Waals surface area contributed by atoms with E-state index in [1.165, 1.54) is 32.1 Å². The lowest BCUT2D eigenvalue weighted by atomic mass is 9.88. The fraction of sp³-hybridized carbons (Fsp3) is 0.531. The number of carbonyl (C=O) groups is 3. The Balaban J connectivity index is 1.87. The second-order valence-corrected chi connectivity index (χ2v) is 11.7. The molecule has 212 valence electrons. The number of nitrogens with zero attached hydrogens (tertiary/aromatic N) is 1. The van der Waals surface area contributed by atoms with Crippen molar-refractivity contribution in [3.8, 4) is 11.1 Å². The Morgan fingerprint density at radius 1 is 1.08 bits per heavy atom. The zero-order valence-electron chi connectivity index (χ0n) is 23.7. The van der Waals surface area contributed by atoms with Crippen molar-refractivity contribution in [1.29, 1.82) is 0 Å². The van der Waals surface area contributed by atoms with Crippen LogP contribution in [0.5, 0.6) is 0 Å². The first-order valence-corrected chi connectivity index (χ1v) is 15.7. The number of aryl methyl sites for hydroxylation is 1. The number of unbranched alkanes of at least 4 members (excludes halogenated alkanes) is 1. The smallest absolute Gasteiger partial charge is 0.326 e. The molecule has 1 unspecified atom stereocenters. The molecule has 1 aliphatic rings. The monoisotopic (exact) mass is 552 g/mol. The van der Waals surface area contributed by atoms with E-state index in [-0.39, 0.29) is 12.3 Å². The number of hydrogen-bond donors (Lipinski definition) is 2. The van der Waals surface area contributed by atoms with E-state index in [9.17, 15) is 19.5 Å². The molecule has 1 saturated carbocycles. The van der Waals surface area contributed by atoms with Crippen LogP contribution < -0.4 is 5.32 Å². The first-order valence-electron chi connectivity index (χ1n) is 14.3. The van der Waals surface area contributed by atoms with Gasteiger partial charge in [0.2, 0.25) is 5.91 Å². The zero-order chi connectivity index (χ0) is 28.2. The van der Waals surface area contributed by atoms with Gasteiger partial charge in [-0.05, 0) is 84.9 Å². The molecule has 7 heteroatoms. The summed E-state index contributed by atoms with van der Waals surface area (Å²) in [6.45, 7) is 5.75. The van der Waals surface area contributed by atoms with Crippen LogP contribution in [0.1, 0.15) is 79.8 Å². The summed E-state index contributed by atoms with van der Waals surface area (Å²) in [7, 11) is 0. The van der Waals surface area contributed by atoms with Crippen molar-refractivity contribution >= 4 is 29.5 Å². The molecule has 2 aromatic rings. The van der Waals surface area contributed by atoms with Gasteiger partial charge in [-0.1, -0.05) is 62.9 Å². The van der Waals surface area contributed by atoms with Gasteiger partial charge in [-0.3, -0.25) is 9.59 Å². The highest BCUT2D eigenvalue weighted by Gasteiger charge is 2.24. The largest absolute Gasteiger partial charge is 0.480 e. The van der Waals surface area contributed by atoms with Gasteiger partial charge in [-0.15, -0.1) is 0 Å². The molecule has 0 radical (unpaired) electrons. The van der Waals surface area contributed by atoms with Crippen LogP contribution in [-0.4, -0.2) is 58.9 Å². The van der Waals surface area contributed by atoms with E-state index in [1.54, 1.807) is 17.8 Å². The maximum Gasteiger partial charge on any atom is 0.326 e. The minimum absolute atomic E-state index is 0.130. The summed E-state index contributed by atoms with van der Waals surface area (Å²) in [5, 5.41) is 12.4. The third-order valence-electron chi connectivity index (χ3n) is 7.67. The van der Waals surface area contributed by atoms with E-state index in [0.717, 1.165) is 48.2 Å². The average molecular weight is 553 g/mol. The number of amides is 2. The molecule has 0 heterocycles. The normalized spacial score (nSPS) is 14.5. The highest BCUT2D eigenvalue weighted by molar-refractivity contribution is 7.98. The summed E-state index contributed by atoms with van der Waals surface area (Å²) < 4.78 is 0. The molecule has 1 atom stereocenters. The lowest BCUT2D eigenvalue weighted by molar-refractivity contribution is -0.139. The van der Waals surface area contributed by atoms with Crippen LogP contribution in [0.4, 0.5) is 0 Å². The molecule has 2 amide bonds. The molecule has 0 saturated heterocycles. The Labute approximate surface area is 237 Å². The third kappa shape index (κ3) is 9.13. The average Bonchev–Trinajstić information content (AvgIpc) is 2.93. The first kappa shape index (κ1) is 30.7. The molecule has 3 rings (SSSR count). The fourth-order valence-corrected chi connectivity index (χ4v) is 5.83. The van der Waals surface area contributed by atoms with Crippen molar-refractivity contribution in [2.45, 2.75) is 77.7 Å². The standard InChI is InChI=1S/C32H44N2O4S/c1-4-5-18-34(22-24-12-7-6-8-13-24)30(35)21-25-15-16-27(28(20-25)26-14-10-9-11-23(26)2)31(36)33-29(32(37)38)17-19-39-3/h9-11,14-16,20,24,29H,4-8,12-13,17-19,21-22H2,1-3H3,(H,33,36)(H,37,38). The summed E-state index contributed by atoms with van der Waals surface area (Å²) in [5.41, 5.74) is 3.90. The highest BCUT2D eigenvalue weighted by atomic mass is 32.2. The van der Waals surface area contributed by atoms with Crippen LogP contribution in [0.15, 0.2) is 42.5 Å². The van der Waals surface area contributed by atoms with Gasteiger partial charge in [-0.25, -0.2) is 4.79 Å². The third-order valence-corrected chi connectivity index (χ3v) is 8.31. The first-order chi connectivity index (χ1) is 18.8. The van der Waals surface area contributed by atoms with Gasteiger partial charge in [0.25, 0.3) is 5.91 Å². The van der Waals surface area contributed by atoms with E-state index in [4.69, 9.17) is 0 Å². The molecule has 2 N–H and O–H groups in total. The lowest BCUT2D eigenvalue weighted by Gasteiger charge is -2.30. The topological polar surface area (TPSA) is 86.7 Å². The Morgan fingerprint density at radius 3 is 2.49 bits per heavy atom. The second kappa shape index (κ2) is 15.7. The van der Waals surface area contributed by atoms with Gasteiger partial charge in [0, 0.05) is 18.7 Å². The Hall–Kier alpha value is -2.80. The molecule has 0 aliphatic heterocycles. The van der Waals surface area contributed by atoms with Crippen LogP contribution in [0.2, 0.25) is 0 Å². The number of nitrogens with one attached hydrogen (secondary N) is 1. The summed E-state index contributed by atoms with van der Waals surface area (Å²) in [6.07, 6.45) is 10.8. The van der Waals surface area contributed by atoms with Crippen LogP contribution in [0.3, 0.4) is 0 Å². The molecule has 0 aromatic heterocycles. The van der Waals surface area contributed by atoms with Gasteiger partial charge in [0.15, 0.2) is 0 Å². The molecular formula is C32H44N2O4S. The summed E-state index contributed by atoms with van der Waals surface area (Å²) in [5.74, 6) is -0.103. The maximum absolute atomic E-state index is 13.5. The SMILES string of the molecule is CCCCN(CC1CCCCC1)C(=O)Cc1ccc(C(=O)NC(CCSC)C(=O)O)c(-c2ccccc2C)c1. The number of thioether (sulfide) groups is 1. The van der Waals surface area contributed by atoms with E-state index >= 15 is 0 Å². The lowest BCUT2D eigenvalue weighted by Crippen LogP contribution is -2.41. The van der Waals surface area contributed by atoms with E-state index in [1.807, 2.05) is 49.6 Å². The van der Waals surface area contributed by atoms with Crippen LogP contribution in [-0.2, 0) is 16.0 Å². The van der Waals surface area contributed by atoms with E-state index < -0.39 is 17.9 Å². The van der Waals surface area contributed by atoms with Crippen molar-refractivity contribution in [3.05, 3.63) is 59.2 Å². The summed E-state index contributed by atoms with van der Waals surface area (Å²) in [4.78, 5) is 40.7.